The van der Waals surface area contributed by atoms with Crippen molar-refractivity contribution < 1.29 is 28.0 Å². The van der Waals surface area contributed by atoms with Gasteiger partial charge in [0.2, 0.25) is 0 Å². The van der Waals surface area contributed by atoms with Gasteiger partial charge >= 0.3 is 12.1 Å². The summed E-state index contributed by atoms with van der Waals surface area (Å²) in [5, 5.41) is 22.3. The average molecular weight is 436 g/mol. The van der Waals surface area contributed by atoms with Gasteiger partial charge in [0.25, 0.3) is 5.69 Å². The fourth-order valence-electron chi connectivity index (χ4n) is 2.67. The van der Waals surface area contributed by atoms with E-state index < -0.39 is 17.1 Å². The molecule has 0 fully saturated rings. The van der Waals surface area contributed by atoms with Crippen LogP contribution in [0.5, 0.6) is 0 Å². The number of carbonyl (C=O) groups is 1. The molecule has 0 amide bonds. The number of hydrogen-bond acceptors (Lipinski definition) is 6. The third-order valence-corrected chi connectivity index (χ3v) is 4.28. The summed E-state index contributed by atoms with van der Waals surface area (Å²) in [5.74, 6) is -2.24. The number of hydrogen-bond donors (Lipinski definition) is 3. The Kier molecular flexibility index (Phi) is 7.35. The number of pyridine rings is 1. The lowest BCUT2D eigenvalue weighted by Gasteiger charge is -2.14. The maximum absolute atomic E-state index is 10.7. The van der Waals surface area contributed by atoms with Gasteiger partial charge in [-0.2, -0.15) is 13.2 Å². The van der Waals surface area contributed by atoms with Gasteiger partial charge in [0.05, 0.1) is 16.1 Å². The molecule has 4 N–H and O–H groups in total. The van der Waals surface area contributed by atoms with Crippen molar-refractivity contribution >= 4 is 34.1 Å². The molecule has 2 aromatic carbocycles. The topological polar surface area (TPSA) is 131 Å². The van der Waals surface area contributed by atoms with Gasteiger partial charge in [-0.1, -0.05) is 30.3 Å². The van der Waals surface area contributed by atoms with E-state index in [2.05, 4.69) is 10.3 Å². The number of rotatable bonds is 5. The fraction of sp³-hybridized carbons (Fsp3) is 0.200. The summed E-state index contributed by atoms with van der Waals surface area (Å²) in [6.45, 7) is 2.65. The van der Waals surface area contributed by atoms with E-state index in [1.165, 1.54) is 12.1 Å². The number of nitrogens with two attached hydrogens (primary N) is 1. The number of aromatic nitrogens is 1. The second-order valence-corrected chi connectivity index (χ2v) is 6.42. The summed E-state index contributed by atoms with van der Waals surface area (Å²) in [4.78, 5) is 23.6. The number of anilines is 2. The number of alkyl halides is 3. The van der Waals surface area contributed by atoms with Crippen LogP contribution in [-0.4, -0.2) is 33.7 Å². The van der Waals surface area contributed by atoms with Crippen molar-refractivity contribution in [1.29, 1.82) is 0 Å². The number of nitrogen functional groups attached to an aromatic ring is 1. The van der Waals surface area contributed by atoms with E-state index in [1.807, 2.05) is 31.2 Å². The van der Waals surface area contributed by atoms with Crippen molar-refractivity contribution in [3.63, 3.8) is 0 Å². The Morgan fingerprint density at radius 2 is 1.77 bits per heavy atom. The van der Waals surface area contributed by atoms with Crippen LogP contribution in [-0.2, 0) is 11.2 Å². The lowest BCUT2D eigenvalue weighted by molar-refractivity contribution is -0.384. The van der Waals surface area contributed by atoms with Crippen LogP contribution < -0.4 is 11.1 Å². The molecule has 164 valence electrons. The highest BCUT2D eigenvalue weighted by Gasteiger charge is 2.38. The molecular weight excluding hydrogens is 417 g/mol. The summed E-state index contributed by atoms with van der Waals surface area (Å²) < 4.78 is 31.7. The van der Waals surface area contributed by atoms with Crippen LogP contribution in [0.3, 0.4) is 0 Å². The summed E-state index contributed by atoms with van der Waals surface area (Å²) in [6.07, 6.45) is -4.33. The molecule has 1 aromatic heterocycles. The summed E-state index contributed by atoms with van der Waals surface area (Å²) >= 11 is 0. The van der Waals surface area contributed by atoms with Gasteiger partial charge in [-0.05, 0) is 25.0 Å². The third-order valence-electron chi connectivity index (χ3n) is 4.28. The first-order chi connectivity index (χ1) is 14.5. The largest absolute Gasteiger partial charge is 0.490 e. The Morgan fingerprint density at radius 3 is 2.32 bits per heavy atom. The zero-order valence-corrected chi connectivity index (χ0v) is 16.3. The van der Waals surface area contributed by atoms with Gasteiger partial charge < -0.3 is 16.2 Å². The predicted molar refractivity (Wildman–Crippen MR) is 110 cm³/mol. The van der Waals surface area contributed by atoms with Crippen LogP contribution in [0.25, 0.3) is 10.9 Å². The van der Waals surface area contributed by atoms with E-state index in [9.17, 15) is 23.3 Å². The van der Waals surface area contributed by atoms with Crippen molar-refractivity contribution in [2.75, 3.05) is 17.6 Å². The third kappa shape index (κ3) is 6.29. The Labute approximate surface area is 174 Å². The van der Waals surface area contributed by atoms with Crippen molar-refractivity contribution in [3.05, 3.63) is 69.8 Å². The maximum atomic E-state index is 10.7. The smallest absolute Gasteiger partial charge is 0.475 e. The molecule has 3 rings (SSSR count). The number of halogens is 3. The number of nitro benzene ring substituents is 1. The standard InChI is InChI=1S/C18H18N4O2.C2HF3O2/c1-12-17(15-4-2-3-5-16(15)21-18(12)19)20-11-10-13-6-8-14(9-7-13)22(23)24;3-2(4,5)1(6)7/h2-9H,10-11H2,1H3,(H3,19,20,21);(H,6,7). The lowest BCUT2D eigenvalue weighted by Crippen LogP contribution is -2.21. The molecule has 0 unspecified atom stereocenters. The molecule has 0 bridgehead atoms. The first-order valence-electron chi connectivity index (χ1n) is 8.93. The van der Waals surface area contributed by atoms with E-state index in [0.717, 1.165) is 34.1 Å². The summed E-state index contributed by atoms with van der Waals surface area (Å²) in [5.41, 5.74) is 9.92. The number of nitrogens with zero attached hydrogens (tertiary/aromatic N) is 2. The van der Waals surface area contributed by atoms with Gasteiger partial charge in [0, 0.05) is 29.6 Å². The second kappa shape index (κ2) is 9.74. The molecule has 0 atom stereocenters. The van der Waals surface area contributed by atoms with Crippen LogP contribution >= 0.6 is 0 Å². The number of carboxylic acid groups (broad SMARTS) is 1. The number of para-hydroxylation sites is 1. The number of nitro groups is 1. The number of aliphatic carboxylic acids is 1. The van der Waals surface area contributed by atoms with E-state index in [4.69, 9.17) is 15.6 Å². The van der Waals surface area contributed by atoms with Crippen LogP contribution in [0.2, 0.25) is 0 Å². The maximum Gasteiger partial charge on any atom is 0.490 e. The van der Waals surface area contributed by atoms with E-state index in [0.29, 0.717) is 12.4 Å². The van der Waals surface area contributed by atoms with Crippen molar-refractivity contribution in [2.24, 2.45) is 0 Å². The molecule has 11 heteroatoms. The average Bonchev–Trinajstić information content (AvgIpc) is 2.71. The fourth-order valence-corrected chi connectivity index (χ4v) is 2.67. The minimum Gasteiger partial charge on any atom is -0.475 e. The van der Waals surface area contributed by atoms with Gasteiger partial charge in [-0.15, -0.1) is 0 Å². The van der Waals surface area contributed by atoms with Crippen LogP contribution in [0, 0.1) is 17.0 Å². The highest BCUT2D eigenvalue weighted by atomic mass is 19.4. The first-order valence-corrected chi connectivity index (χ1v) is 8.93. The highest BCUT2D eigenvalue weighted by molar-refractivity contribution is 5.95. The van der Waals surface area contributed by atoms with E-state index in [-0.39, 0.29) is 5.69 Å². The van der Waals surface area contributed by atoms with E-state index in [1.54, 1.807) is 12.1 Å². The van der Waals surface area contributed by atoms with Crippen LogP contribution in [0.15, 0.2) is 48.5 Å². The normalized spacial score (nSPS) is 10.8. The Balaban J connectivity index is 0.000000423. The summed E-state index contributed by atoms with van der Waals surface area (Å²) in [7, 11) is 0. The Hall–Kier alpha value is -3.89. The zero-order chi connectivity index (χ0) is 23.2. The van der Waals surface area contributed by atoms with E-state index >= 15 is 0 Å². The minimum atomic E-state index is -5.08. The molecular formula is C20H19F3N4O4. The number of nitrogens with one attached hydrogen (secondary N) is 1. The number of fused-ring (bicyclic) bond motifs is 1. The molecule has 31 heavy (non-hydrogen) atoms. The van der Waals surface area contributed by atoms with Crippen molar-refractivity contribution in [2.45, 2.75) is 19.5 Å². The molecule has 0 aliphatic heterocycles. The van der Waals surface area contributed by atoms with Gasteiger partial charge in [0.1, 0.15) is 5.82 Å². The molecule has 3 aromatic rings. The lowest BCUT2D eigenvalue weighted by atomic mass is 10.1. The predicted octanol–water partition coefficient (Wildman–Crippen LogP) is 4.32. The van der Waals surface area contributed by atoms with Gasteiger partial charge in [0.15, 0.2) is 0 Å². The molecule has 0 radical (unpaired) electrons. The molecule has 8 nitrogen and oxygen atoms in total. The Morgan fingerprint density at radius 1 is 1.19 bits per heavy atom. The first kappa shape index (κ1) is 23.4. The van der Waals surface area contributed by atoms with Gasteiger partial charge in [-0.3, -0.25) is 10.1 Å². The minimum absolute atomic E-state index is 0.107. The number of benzene rings is 2. The molecule has 0 aliphatic carbocycles. The second-order valence-electron chi connectivity index (χ2n) is 6.42. The molecule has 1 heterocycles. The molecule has 0 saturated heterocycles. The molecule has 0 spiro atoms. The number of non-ortho nitro benzene ring substituents is 1. The van der Waals surface area contributed by atoms with Crippen LogP contribution in [0.4, 0.5) is 30.4 Å². The highest BCUT2D eigenvalue weighted by Crippen LogP contribution is 2.29. The Bertz CT molecular complexity index is 1090. The van der Waals surface area contributed by atoms with Crippen molar-refractivity contribution in [1.82, 2.24) is 4.98 Å². The van der Waals surface area contributed by atoms with Gasteiger partial charge in [-0.25, -0.2) is 9.78 Å². The molecule has 0 saturated carbocycles. The zero-order valence-electron chi connectivity index (χ0n) is 16.3. The SMILES string of the molecule is Cc1c(N)nc2ccccc2c1NCCc1ccc([N+](=O)[O-])cc1.O=C(O)C(F)(F)F. The van der Waals surface area contributed by atoms with Crippen LogP contribution in [0.1, 0.15) is 11.1 Å². The quantitative estimate of drug-likeness (QED) is 0.401. The van der Waals surface area contributed by atoms with Crippen molar-refractivity contribution in [3.8, 4) is 0 Å². The summed E-state index contributed by atoms with van der Waals surface area (Å²) in [6, 6.07) is 14.5. The molecule has 0 aliphatic rings. The monoisotopic (exact) mass is 436 g/mol. The number of carboxylic acids is 1.